The fourth-order valence-corrected chi connectivity index (χ4v) is 6.14. The van der Waals surface area contributed by atoms with Crippen molar-refractivity contribution >= 4 is 33.0 Å². The Morgan fingerprint density at radius 3 is 1.71 bits per heavy atom. The molecule has 0 saturated heterocycles. The van der Waals surface area contributed by atoms with Gasteiger partial charge in [-0.05, 0) is 34.9 Å². The molecule has 0 amide bonds. The van der Waals surface area contributed by atoms with Gasteiger partial charge in [0, 0.05) is 32.9 Å². The first kappa shape index (κ1) is 21.3. The Morgan fingerprint density at radius 2 is 1.05 bits per heavy atom. The molecular formula is C35H24N2O. The zero-order valence-electron chi connectivity index (χ0n) is 21.2. The lowest BCUT2D eigenvalue weighted by molar-refractivity contribution is 0.623. The van der Waals surface area contributed by atoms with Gasteiger partial charge >= 0.3 is 0 Å². The third-order valence-electron chi connectivity index (χ3n) is 8.03. The Kier molecular flexibility index (Phi) is 4.28. The Bertz CT molecular complexity index is 2040. The SMILES string of the molecule is CC1(C)c2nc3ccccc3nc2-c2ccc(-c3ccccc3)c3oc4c(-c5ccccc5)ccc1c4c23. The van der Waals surface area contributed by atoms with Crippen molar-refractivity contribution in [3.05, 3.63) is 120 Å². The number of fused-ring (bicyclic) bond motifs is 3. The third-order valence-corrected chi connectivity index (χ3v) is 8.03. The summed E-state index contributed by atoms with van der Waals surface area (Å²) >= 11 is 0. The summed E-state index contributed by atoms with van der Waals surface area (Å²) in [5, 5.41) is 2.27. The zero-order chi connectivity index (χ0) is 25.4. The van der Waals surface area contributed by atoms with E-state index in [-0.39, 0.29) is 5.41 Å². The number of furan rings is 1. The van der Waals surface area contributed by atoms with E-state index >= 15 is 0 Å². The van der Waals surface area contributed by atoms with Gasteiger partial charge in [0.1, 0.15) is 11.2 Å². The summed E-state index contributed by atoms with van der Waals surface area (Å²) in [6, 6.07) is 38.0. The maximum Gasteiger partial charge on any atom is 0.143 e. The summed E-state index contributed by atoms with van der Waals surface area (Å²) in [5.74, 6) is 0. The first-order valence-electron chi connectivity index (χ1n) is 13.0. The van der Waals surface area contributed by atoms with Crippen LogP contribution in [0.5, 0.6) is 0 Å². The fourth-order valence-electron chi connectivity index (χ4n) is 6.14. The first-order valence-corrected chi connectivity index (χ1v) is 13.0. The third kappa shape index (κ3) is 2.84. The van der Waals surface area contributed by atoms with E-state index < -0.39 is 0 Å². The van der Waals surface area contributed by atoms with Crippen molar-refractivity contribution in [2.24, 2.45) is 0 Å². The standard InChI is InChI=1S/C35H24N2O/c1-35(2)26-20-19-24(22-13-7-4-8-14-22)33-30(26)29-25(31-34(35)37-28-16-10-9-15-27(28)36-31)18-17-23(32(29)38-33)21-11-5-3-6-12-21/h3-20H,1-2H3. The summed E-state index contributed by atoms with van der Waals surface area (Å²) < 4.78 is 6.93. The van der Waals surface area contributed by atoms with Gasteiger partial charge in [0.2, 0.25) is 0 Å². The van der Waals surface area contributed by atoms with Crippen molar-refractivity contribution in [2.75, 3.05) is 0 Å². The Labute approximate surface area is 220 Å². The molecule has 0 bridgehead atoms. The minimum Gasteiger partial charge on any atom is -0.455 e. The average Bonchev–Trinajstić information content (AvgIpc) is 3.34. The van der Waals surface area contributed by atoms with Crippen LogP contribution in [-0.4, -0.2) is 9.97 Å². The smallest absolute Gasteiger partial charge is 0.143 e. The quantitative estimate of drug-likeness (QED) is 0.243. The number of hydrogen-bond donors (Lipinski definition) is 0. The highest BCUT2D eigenvalue weighted by Crippen LogP contribution is 2.52. The maximum atomic E-state index is 6.93. The molecule has 0 spiro atoms. The molecule has 1 aliphatic rings. The van der Waals surface area contributed by atoms with Gasteiger partial charge in [0.05, 0.1) is 22.4 Å². The molecule has 3 heteroatoms. The molecule has 0 aliphatic heterocycles. The number of benzene rings is 5. The normalized spacial score (nSPS) is 13.7. The molecule has 2 aromatic heterocycles. The summed E-state index contributed by atoms with van der Waals surface area (Å²) in [6.45, 7) is 4.52. The first-order chi connectivity index (χ1) is 18.6. The molecule has 0 saturated carbocycles. The van der Waals surface area contributed by atoms with Gasteiger partial charge in [-0.2, -0.15) is 0 Å². The van der Waals surface area contributed by atoms with Crippen LogP contribution in [0.25, 0.3) is 66.5 Å². The highest BCUT2D eigenvalue weighted by molar-refractivity contribution is 6.21. The highest BCUT2D eigenvalue weighted by atomic mass is 16.3. The summed E-state index contributed by atoms with van der Waals surface area (Å²) in [6.07, 6.45) is 0. The molecule has 38 heavy (non-hydrogen) atoms. The van der Waals surface area contributed by atoms with Gasteiger partial charge in [0.25, 0.3) is 0 Å². The van der Waals surface area contributed by atoms with E-state index in [1.165, 1.54) is 5.56 Å². The van der Waals surface area contributed by atoms with Crippen molar-refractivity contribution in [1.29, 1.82) is 0 Å². The van der Waals surface area contributed by atoms with E-state index in [0.29, 0.717) is 0 Å². The van der Waals surface area contributed by atoms with Crippen molar-refractivity contribution in [3.63, 3.8) is 0 Å². The Hall–Kier alpha value is -4.76. The molecule has 0 unspecified atom stereocenters. The Balaban J connectivity index is 1.59. The number of rotatable bonds is 2. The van der Waals surface area contributed by atoms with Gasteiger partial charge in [-0.25, -0.2) is 9.97 Å². The predicted molar refractivity (Wildman–Crippen MR) is 155 cm³/mol. The minimum atomic E-state index is -0.386. The molecule has 0 fully saturated rings. The average molecular weight is 489 g/mol. The Morgan fingerprint density at radius 1 is 0.526 bits per heavy atom. The number of aromatic nitrogens is 2. The second-order valence-corrected chi connectivity index (χ2v) is 10.6. The molecule has 7 aromatic rings. The van der Waals surface area contributed by atoms with Gasteiger partial charge in [0.15, 0.2) is 0 Å². The van der Waals surface area contributed by atoms with Crippen LogP contribution >= 0.6 is 0 Å². The van der Waals surface area contributed by atoms with E-state index in [4.69, 9.17) is 14.4 Å². The van der Waals surface area contributed by atoms with E-state index in [1.54, 1.807) is 0 Å². The van der Waals surface area contributed by atoms with Crippen LogP contribution < -0.4 is 0 Å². The molecule has 3 nitrogen and oxygen atoms in total. The largest absolute Gasteiger partial charge is 0.455 e. The van der Waals surface area contributed by atoms with Gasteiger partial charge in [-0.15, -0.1) is 0 Å². The van der Waals surface area contributed by atoms with E-state index in [1.807, 2.05) is 30.3 Å². The predicted octanol–water partition coefficient (Wildman–Crippen LogP) is 9.17. The van der Waals surface area contributed by atoms with E-state index in [0.717, 1.165) is 72.2 Å². The molecule has 1 aliphatic carbocycles. The van der Waals surface area contributed by atoms with Crippen molar-refractivity contribution in [3.8, 4) is 33.5 Å². The molecule has 5 aromatic carbocycles. The van der Waals surface area contributed by atoms with Crippen LogP contribution in [0.2, 0.25) is 0 Å². The highest BCUT2D eigenvalue weighted by Gasteiger charge is 2.37. The monoisotopic (exact) mass is 488 g/mol. The van der Waals surface area contributed by atoms with Crippen LogP contribution in [0, 0.1) is 0 Å². The number of hydrogen-bond acceptors (Lipinski definition) is 3. The lowest BCUT2D eigenvalue weighted by Crippen LogP contribution is -2.22. The van der Waals surface area contributed by atoms with Crippen LogP contribution in [0.3, 0.4) is 0 Å². The molecule has 2 heterocycles. The summed E-state index contributed by atoms with van der Waals surface area (Å²) in [4.78, 5) is 10.5. The number of para-hydroxylation sites is 2. The fraction of sp³-hybridized carbons (Fsp3) is 0.0857. The summed E-state index contributed by atoms with van der Waals surface area (Å²) in [7, 11) is 0. The molecule has 0 atom stereocenters. The zero-order valence-corrected chi connectivity index (χ0v) is 21.2. The topological polar surface area (TPSA) is 38.9 Å². The number of nitrogens with zero attached hydrogens (tertiary/aromatic N) is 2. The minimum absolute atomic E-state index is 0.386. The summed E-state index contributed by atoms with van der Waals surface area (Å²) in [5.41, 5.74) is 11.9. The molecule has 180 valence electrons. The van der Waals surface area contributed by atoms with E-state index in [2.05, 4.69) is 92.7 Å². The van der Waals surface area contributed by atoms with Gasteiger partial charge in [-0.3, -0.25) is 0 Å². The lowest BCUT2D eigenvalue weighted by Gasteiger charge is -2.26. The molecule has 0 N–H and O–H groups in total. The molecule has 8 rings (SSSR count). The lowest BCUT2D eigenvalue weighted by atomic mass is 9.79. The van der Waals surface area contributed by atoms with Crippen LogP contribution in [-0.2, 0) is 5.41 Å². The van der Waals surface area contributed by atoms with Gasteiger partial charge in [-0.1, -0.05) is 105 Å². The van der Waals surface area contributed by atoms with Crippen molar-refractivity contribution in [2.45, 2.75) is 19.3 Å². The van der Waals surface area contributed by atoms with Gasteiger partial charge < -0.3 is 4.42 Å². The molecule has 0 radical (unpaired) electrons. The van der Waals surface area contributed by atoms with E-state index in [9.17, 15) is 0 Å². The van der Waals surface area contributed by atoms with Crippen LogP contribution in [0.4, 0.5) is 0 Å². The second-order valence-electron chi connectivity index (χ2n) is 10.6. The van der Waals surface area contributed by atoms with Crippen LogP contribution in [0.15, 0.2) is 114 Å². The molecular weight excluding hydrogens is 464 g/mol. The maximum absolute atomic E-state index is 6.93. The second kappa shape index (κ2) is 7.62. The van der Waals surface area contributed by atoms with Crippen molar-refractivity contribution in [1.82, 2.24) is 9.97 Å². The van der Waals surface area contributed by atoms with Crippen molar-refractivity contribution < 1.29 is 4.42 Å². The van der Waals surface area contributed by atoms with Crippen LogP contribution in [0.1, 0.15) is 25.1 Å².